The smallest absolute Gasteiger partial charge is 0.191 e. The standard InChI is InChI=1S/C30H52O2Si/c1-20-12-15-29(6)22(18-20)10-11-23-24(29)13-16-30(7)25(23)19-26(31)27(30)21(2)14-17-32-33(8,9)28(3,4)5/h10,20-21,23-25,27H,11-19H2,1-9H3/t20-,21+,23+,24-,25-,27?,29-,30-/m0/s1. The van der Waals surface area contributed by atoms with E-state index in [1.54, 1.807) is 5.57 Å². The fraction of sp³-hybridized carbons (Fsp3) is 0.900. The number of hydrogen-bond donors (Lipinski definition) is 0. The van der Waals surface area contributed by atoms with Crippen molar-refractivity contribution >= 4 is 14.1 Å². The molecule has 0 amide bonds. The SMILES string of the molecule is C[C@H]1CC[C@@]2(C)C(=CC[C@@H]3[C@@H]2CC[C@]2(C)C([C@H](C)CCO[Si](C)(C)C(C)(C)C)C(=O)C[C@@H]32)C1. The Morgan fingerprint density at radius 2 is 1.82 bits per heavy atom. The molecule has 0 aromatic rings. The minimum absolute atomic E-state index is 0.193. The van der Waals surface area contributed by atoms with Gasteiger partial charge in [-0.1, -0.05) is 60.1 Å². The highest BCUT2D eigenvalue weighted by Crippen LogP contribution is 2.66. The Morgan fingerprint density at radius 3 is 2.48 bits per heavy atom. The third kappa shape index (κ3) is 4.26. The van der Waals surface area contributed by atoms with Gasteiger partial charge in [-0.25, -0.2) is 0 Å². The number of allylic oxidation sites excluding steroid dienone is 2. The fourth-order valence-corrected chi connectivity index (χ4v) is 9.58. The molecule has 0 aliphatic heterocycles. The lowest BCUT2D eigenvalue weighted by atomic mass is 9.46. The van der Waals surface area contributed by atoms with Crippen LogP contribution in [0, 0.1) is 46.3 Å². The molecule has 1 unspecified atom stereocenters. The maximum Gasteiger partial charge on any atom is 0.191 e. The van der Waals surface area contributed by atoms with Gasteiger partial charge in [0.25, 0.3) is 0 Å². The first-order valence-electron chi connectivity index (χ1n) is 14.1. The van der Waals surface area contributed by atoms with Gasteiger partial charge in [-0.2, -0.15) is 0 Å². The Morgan fingerprint density at radius 1 is 1.12 bits per heavy atom. The molecule has 0 N–H and O–H groups in total. The molecule has 3 fully saturated rings. The summed E-state index contributed by atoms with van der Waals surface area (Å²) in [6, 6.07) is 0. The third-order valence-corrected chi connectivity index (χ3v) is 16.2. The zero-order valence-electron chi connectivity index (χ0n) is 23.2. The summed E-state index contributed by atoms with van der Waals surface area (Å²) < 4.78 is 6.52. The number of hydrogen-bond acceptors (Lipinski definition) is 2. The fourth-order valence-electron chi connectivity index (χ4n) is 8.52. The Kier molecular flexibility index (Phi) is 6.70. The summed E-state index contributed by atoms with van der Waals surface area (Å²) >= 11 is 0. The molecule has 3 heteroatoms. The van der Waals surface area contributed by atoms with E-state index in [9.17, 15) is 4.79 Å². The molecule has 4 rings (SSSR count). The van der Waals surface area contributed by atoms with Crippen molar-refractivity contribution in [1.82, 2.24) is 0 Å². The molecule has 188 valence electrons. The van der Waals surface area contributed by atoms with E-state index in [-0.39, 0.29) is 16.4 Å². The van der Waals surface area contributed by atoms with Gasteiger partial charge in [-0.3, -0.25) is 4.79 Å². The van der Waals surface area contributed by atoms with Crippen LogP contribution >= 0.6 is 0 Å². The van der Waals surface area contributed by atoms with Crippen LogP contribution in [0.2, 0.25) is 18.1 Å². The second-order valence-electron chi connectivity index (χ2n) is 14.7. The van der Waals surface area contributed by atoms with E-state index in [0.717, 1.165) is 37.2 Å². The van der Waals surface area contributed by atoms with Gasteiger partial charge in [0.15, 0.2) is 8.32 Å². The van der Waals surface area contributed by atoms with Crippen LogP contribution < -0.4 is 0 Å². The second kappa shape index (κ2) is 8.61. The minimum Gasteiger partial charge on any atom is -0.417 e. The molecular formula is C30H52O2Si. The van der Waals surface area contributed by atoms with Gasteiger partial charge in [0.2, 0.25) is 0 Å². The van der Waals surface area contributed by atoms with E-state index in [2.05, 4.69) is 67.6 Å². The first kappa shape index (κ1) is 25.7. The Hall–Kier alpha value is -0.413. The molecule has 0 radical (unpaired) electrons. The minimum atomic E-state index is -1.73. The number of rotatable bonds is 5. The van der Waals surface area contributed by atoms with Crippen LogP contribution in [0.4, 0.5) is 0 Å². The monoisotopic (exact) mass is 472 g/mol. The maximum atomic E-state index is 13.5. The summed E-state index contributed by atoms with van der Waals surface area (Å²) in [6.45, 7) is 22.3. The maximum absolute atomic E-state index is 13.5. The average Bonchev–Trinajstić information content (AvgIpc) is 2.97. The average molecular weight is 473 g/mol. The van der Waals surface area contributed by atoms with Crippen LogP contribution in [0.5, 0.6) is 0 Å². The molecular weight excluding hydrogens is 420 g/mol. The Bertz CT molecular complexity index is 792. The highest BCUT2D eigenvalue weighted by Gasteiger charge is 2.61. The van der Waals surface area contributed by atoms with Crippen molar-refractivity contribution in [3.63, 3.8) is 0 Å². The quantitative estimate of drug-likeness (QED) is 0.296. The predicted octanol–water partition coefficient (Wildman–Crippen LogP) is 8.43. The van der Waals surface area contributed by atoms with E-state index < -0.39 is 8.32 Å². The van der Waals surface area contributed by atoms with Crippen molar-refractivity contribution in [2.24, 2.45) is 46.3 Å². The summed E-state index contributed by atoms with van der Waals surface area (Å²) in [5.74, 6) is 4.18. The van der Waals surface area contributed by atoms with Gasteiger partial charge >= 0.3 is 0 Å². The third-order valence-electron chi connectivity index (χ3n) is 11.7. The van der Waals surface area contributed by atoms with E-state index in [4.69, 9.17) is 4.43 Å². The first-order valence-corrected chi connectivity index (χ1v) is 17.0. The molecule has 0 saturated heterocycles. The van der Waals surface area contributed by atoms with Crippen LogP contribution in [0.1, 0.15) is 99.8 Å². The van der Waals surface area contributed by atoms with E-state index in [0.29, 0.717) is 23.0 Å². The highest BCUT2D eigenvalue weighted by atomic mass is 28.4. The van der Waals surface area contributed by atoms with Crippen molar-refractivity contribution < 1.29 is 9.22 Å². The van der Waals surface area contributed by atoms with Crippen LogP contribution in [0.3, 0.4) is 0 Å². The predicted molar refractivity (Wildman–Crippen MR) is 142 cm³/mol. The van der Waals surface area contributed by atoms with Crippen LogP contribution in [0.25, 0.3) is 0 Å². The number of ketones is 1. The normalized spacial score (nSPS) is 42.3. The molecule has 3 saturated carbocycles. The zero-order valence-corrected chi connectivity index (χ0v) is 24.2. The van der Waals surface area contributed by atoms with Crippen molar-refractivity contribution in [3.05, 3.63) is 11.6 Å². The zero-order chi connectivity index (χ0) is 24.4. The van der Waals surface area contributed by atoms with E-state index in [1.807, 2.05) is 0 Å². The molecule has 4 aliphatic carbocycles. The lowest BCUT2D eigenvalue weighted by molar-refractivity contribution is -0.124. The van der Waals surface area contributed by atoms with Crippen molar-refractivity contribution in [2.45, 2.75) is 118 Å². The first-order chi connectivity index (χ1) is 15.2. The molecule has 4 aliphatic rings. The Balaban J connectivity index is 1.48. The Labute approximate surface area is 205 Å². The van der Waals surface area contributed by atoms with Crippen molar-refractivity contribution in [2.75, 3.05) is 6.61 Å². The number of carbonyl (C=O) groups is 1. The van der Waals surface area contributed by atoms with E-state index in [1.165, 1.54) is 38.5 Å². The van der Waals surface area contributed by atoms with Crippen LogP contribution in [0.15, 0.2) is 11.6 Å². The number of Topliss-reactive ketones (excluding diaryl/α,β-unsaturated/α-hetero) is 1. The topological polar surface area (TPSA) is 26.3 Å². The lowest BCUT2D eigenvalue weighted by Crippen LogP contribution is -2.50. The molecule has 0 heterocycles. The summed E-state index contributed by atoms with van der Waals surface area (Å²) in [7, 11) is -1.73. The summed E-state index contributed by atoms with van der Waals surface area (Å²) in [6.07, 6.45) is 12.4. The molecule has 0 aromatic carbocycles. The lowest BCUT2D eigenvalue weighted by Gasteiger charge is -2.58. The molecule has 33 heavy (non-hydrogen) atoms. The van der Waals surface area contributed by atoms with Crippen molar-refractivity contribution in [1.29, 1.82) is 0 Å². The number of fused-ring (bicyclic) bond motifs is 5. The van der Waals surface area contributed by atoms with Gasteiger partial charge < -0.3 is 4.43 Å². The van der Waals surface area contributed by atoms with Gasteiger partial charge in [-0.05, 0) is 103 Å². The largest absolute Gasteiger partial charge is 0.417 e. The van der Waals surface area contributed by atoms with Crippen LogP contribution in [-0.2, 0) is 9.22 Å². The van der Waals surface area contributed by atoms with Gasteiger partial charge in [0.05, 0.1) is 0 Å². The molecule has 0 spiro atoms. The highest BCUT2D eigenvalue weighted by molar-refractivity contribution is 6.74. The second-order valence-corrected chi connectivity index (χ2v) is 19.5. The van der Waals surface area contributed by atoms with Gasteiger partial charge in [0, 0.05) is 18.9 Å². The number of carbonyl (C=O) groups excluding carboxylic acids is 1. The van der Waals surface area contributed by atoms with Gasteiger partial charge in [0.1, 0.15) is 5.78 Å². The van der Waals surface area contributed by atoms with E-state index >= 15 is 0 Å². The molecule has 8 atom stereocenters. The summed E-state index contributed by atoms with van der Waals surface area (Å²) in [5, 5.41) is 0.245. The molecule has 0 aromatic heterocycles. The molecule has 2 nitrogen and oxygen atoms in total. The van der Waals surface area contributed by atoms with Crippen LogP contribution in [-0.4, -0.2) is 20.7 Å². The summed E-state index contributed by atoms with van der Waals surface area (Å²) in [5.41, 5.74) is 2.36. The van der Waals surface area contributed by atoms with Crippen molar-refractivity contribution in [3.8, 4) is 0 Å². The summed E-state index contributed by atoms with van der Waals surface area (Å²) in [4.78, 5) is 13.5. The molecule has 0 bridgehead atoms. The van der Waals surface area contributed by atoms with Gasteiger partial charge in [-0.15, -0.1) is 0 Å².